The molecule has 0 aliphatic heterocycles. The average Bonchev–Trinajstić information content (AvgIpc) is 3.17. The van der Waals surface area contributed by atoms with Gasteiger partial charge in [-0.3, -0.25) is 9.59 Å². The largest absolute Gasteiger partial charge is 0.326 e. The molecule has 9 nitrogen and oxygen atoms in total. The number of carbonyl (C=O) groups is 2. The number of nitrogens with two attached hydrogens (primary N) is 1. The Labute approximate surface area is 183 Å². The molecule has 31 heavy (non-hydrogen) atoms. The summed E-state index contributed by atoms with van der Waals surface area (Å²) in [7, 11) is -4.16. The van der Waals surface area contributed by atoms with Gasteiger partial charge >= 0.3 is 0 Å². The molecule has 0 aliphatic carbocycles. The first kappa shape index (κ1) is 22.2. The second-order valence-corrected chi connectivity index (χ2v) is 8.35. The van der Waals surface area contributed by atoms with E-state index in [2.05, 4.69) is 22.3 Å². The number of carbonyl (C=O) groups excluding carboxylic acids is 2. The van der Waals surface area contributed by atoms with Crippen molar-refractivity contribution in [1.29, 1.82) is 0 Å². The Morgan fingerprint density at radius 1 is 1.16 bits per heavy atom. The lowest BCUT2D eigenvalue weighted by atomic mass is 10.1. The number of anilines is 2. The molecule has 0 aliphatic rings. The van der Waals surface area contributed by atoms with Crippen LogP contribution in [0.15, 0.2) is 72.4 Å². The smallest absolute Gasteiger partial charge is 0.247 e. The van der Waals surface area contributed by atoms with E-state index in [1.165, 1.54) is 35.3 Å². The third-order valence-electron chi connectivity index (χ3n) is 4.14. The molecule has 0 radical (unpaired) electrons. The van der Waals surface area contributed by atoms with Gasteiger partial charge in [0.25, 0.3) is 0 Å². The van der Waals surface area contributed by atoms with E-state index in [1.807, 2.05) is 0 Å². The predicted octanol–water partition coefficient (Wildman–Crippen LogP) is 2.48. The topological polar surface area (TPSA) is 136 Å². The third kappa shape index (κ3) is 5.57. The number of amides is 2. The van der Waals surface area contributed by atoms with E-state index in [0.717, 1.165) is 6.08 Å². The number of hydrogen-bond acceptors (Lipinski definition) is 5. The lowest BCUT2D eigenvalue weighted by Gasteiger charge is -2.12. The molecule has 0 spiro atoms. The van der Waals surface area contributed by atoms with Crippen LogP contribution in [-0.2, 0) is 26.0 Å². The van der Waals surface area contributed by atoms with Crippen LogP contribution in [0.25, 0.3) is 5.69 Å². The van der Waals surface area contributed by atoms with E-state index in [1.54, 1.807) is 24.3 Å². The summed E-state index contributed by atoms with van der Waals surface area (Å²) in [5, 5.41) is 15.0. The highest BCUT2D eigenvalue weighted by molar-refractivity contribution is 7.89. The van der Waals surface area contributed by atoms with Gasteiger partial charge in [-0.25, -0.2) is 18.2 Å². The maximum atomic E-state index is 12.4. The molecule has 0 atom stereocenters. The minimum Gasteiger partial charge on any atom is -0.326 e. The van der Waals surface area contributed by atoms with Crippen LogP contribution in [0.3, 0.4) is 0 Å². The van der Waals surface area contributed by atoms with Crippen molar-refractivity contribution in [3.63, 3.8) is 0 Å². The van der Waals surface area contributed by atoms with Gasteiger partial charge < -0.3 is 10.6 Å². The standard InChI is InChI=1S/C20H18ClN5O4S/c1-2-19(27)25-15-11-23-26(12-15)17-8-7-14(10-18(17)31(22,29)30)24-20(28)9-13-5-3-4-6-16(13)21/h2-8,10-12H,1,9H2,(H,24,28)(H,25,27)(H2,22,29,30). The summed E-state index contributed by atoms with van der Waals surface area (Å²) in [6.07, 6.45) is 3.86. The van der Waals surface area contributed by atoms with Gasteiger partial charge in [0.1, 0.15) is 4.90 Å². The summed E-state index contributed by atoms with van der Waals surface area (Å²) in [5.74, 6) is -0.822. The van der Waals surface area contributed by atoms with Crippen LogP contribution in [0.2, 0.25) is 5.02 Å². The number of aromatic nitrogens is 2. The van der Waals surface area contributed by atoms with Crippen LogP contribution in [0, 0.1) is 0 Å². The predicted molar refractivity (Wildman–Crippen MR) is 118 cm³/mol. The molecule has 1 aromatic heterocycles. The second kappa shape index (κ2) is 9.13. The van der Waals surface area contributed by atoms with Crippen LogP contribution in [0.5, 0.6) is 0 Å². The van der Waals surface area contributed by atoms with E-state index < -0.39 is 15.9 Å². The number of primary sulfonamides is 1. The SMILES string of the molecule is C=CC(=O)Nc1cnn(-c2ccc(NC(=O)Cc3ccccc3Cl)cc2S(N)(=O)=O)c1. The highest BCUT2D eigenvalue weighted by atomic mass is 35.5. The van der Waals surface area contributed by atoms with Crippen LogP contribution in [0.1, 0.15) is 5.56 Å². The van der Waals surface area contributed by atoms with Gasteiger partial charge in [-0.1, -0.05) is 36.4 Å². The van der Waals surface area contributed by atoms with E-state index >= 15 is 0 Å². The average molecular weight is 460 g/mol. The van der Waals surface area contributed by atoms with Crippen molar-refractivity contribution < 1.29 is 18.0 Å². The number of halogens is 1. The zero-order chi connectivity index (χ0) is 22.6. The minimum absolute atomic E-state index is 0.0116. The third-order valence-corrected chi connectivity index (χ3v) is 5.45. The Bertz CT molecular complexity index is 1270. The molecular formula is C20H18ClN5O4S. The summed E-state index contributed by atoms with van der Waals surface area (Å²) in [5.41, 5.74) is 1.35. The minimum atomic E-state index is -4.16. The normalized spacial score (nSPS) is 11.0. The summed E-state index contributed by atoms with van der Waals surface area (Å²) in [6, 6.07) is 11.1. The van der Waals surface area contributed by atoms with E-state index in [4.69, 9.17) is 16.7 Å². The maximum absolute atomic E-state index is 12.4. The Morgan fingerprint density at radius 3 is 2.58 bits per heavy atom. The summed E-state index contributed by atoms with van der Waals surface area (Å²) in [6.45, 7) is 3.36. The Kier molecular flexibility index (Phi) is 6.54. The van der Waals surface area contributed by atoms with Crippen molar-refractivity contribution in [3.05, 3.63) is 78.1 Å². The first-order valence-electron chi connectivity index (χ1n) is 8.86. The van der Waals surface area contributed by atoms with Crippen LogP contribution >= 0.6 is 11.6 Å². The molecule has 0 unspecified atom stereocenters. The van der Waals surface area contributed by atoms with Gasteiger partial charge in [-0.05, 0) is 35.9 Å². The van der Waals surface area contributed by atoms with Crippen molar-refractivity contribution in [3.8, 4) is 5.69 Å². The molecule has 4 N–H and O–H groups in total. The molecule has 2 amide bonds. The highest BCUT2D eigenvalue weighted by Crippen LogP contribution is 2.24. The molecule has 0 saturated heterocycles. The lowest BCUT2D eigenvalue weighted by Crippen LogP contribution is -2.18. The quantitative estimate of drug-likeness (QED) is 0.466. The van der Waals surface area contributed by atoms with E-state index in [0.29, 0.717) is 16.3 Å². The number of sulfonamides is 1. The van der Waals surface area contributed by atoms with Crippen molar-refractivity contribution in [2.24, 2.45) is 5.14 Å². The summed E-state index contributed by atoms with van der Waals surface area (Å²) < 4.78 is 25.6. The maximum Gasteiger partial charge on any atom is 0.247 e. The number of nitrogens with one attached hydrogen (secondary N) is 2. The van der Waals surface area contributed by atoms with E-state index in [-0.39, 0.29) is 28.6 Å². The van der Waals surface area contributed by atoms with Crippen LogP contribution in [-0.4, -0.2) is 30.0 Å². The molecule has 2 aromatic carbocycles. The van der Waals surface area contributed by atoms with Gasteiger partial charge in [0.05, 0.1) is 30.2 Å². The fourth-order valence-electron chi connectivity index (χ4n) is 2.74. The molecule has 0 fully saturated rings. The van der Waals surface area contributed by atoms with Crippen molar-refractivity contribution in [2.45, 2.75) is 11.3 Å². The van der Waals surface area contributed by atoms with Gasteiger partial charge in [-0.15, -0.1) is 0 Å². The van der Waals surface area contributed by atoms with Crippen molar-refractivity contribution in [1.82, 2.24) is 9.78 Å². The van der Waals surface area contributed by atoms with Gasteiger partial charge in [0.15, 0.2) is 0 Å². The first-order chi connectivity index (χ1) is 14.7. The Balaban J connectivity index is 1.87. The molecule has 160 valence electrons. The van der Waals surface area contributed by atoms with Gasteiger partial charge in [-0.2, -0.15) is 5.10 Å². The number of nitrogens with zero attached hydrogens (tertiary/aromatic N) is 2. The molecule has 3 aromatic rings. The fraction of sp³-hybridized carbons (Fsp3) is 0.0500. The molecule has 0 saturated carbocycles. The van der Waals surface area contributed by atoms with Gasteiger partial charge in [0.2, 0.25) is 21.8 Å². The van der Waals surface area contributed by atoms with Crippen molar-refractivity contribution in [2.75, 3.05) is 10.6 Å². The monoisotopic (exact) mass is 459 g/mol. The number of benzene rings is 2. The van der Waals surface area contributed by atoms with Gasteiger partial charge in [0, 0.05) is 10.7 Å². The molecule has 3 rings (SSSR count). The molecule has 1 heterocycles. The Morgan fingerprint density at radius 2 is 1.90 bits per heavy atom. The number of hydrogen-bond donors (Lipinski definition) is 3. The molecule has 11 heteroatoms. The fourth-order valence-corrected chi connectivity index (χ4v) is 3.69. The van der Waals surface area contributed by atoms with Crippen LogP contribution in [0.4, 0.5) is 11.4 Å². The zero-order valence-electron chi connectivity index (χ0n) is 16.1. The molecule has 0 bridgehead atoms. The molecular weight excluding hydrogens is 442 g/mol. The van der Waals surface area contributed by atoms with Crippen LogP contribution < -0.4 is 15.8 Å². The lowest BCUT2D eigenvalue weighted by molar-refractivity contribution is -0.115. The number of rotatable bonds is 7. The second-order valence-electron chi connectivity index (χ2n) is 6.41. The summed E-state index contributed by atoms with van der Waals surface area (Å²) >= 11 is 6.07. The summed E-state index contributed by atoms with van der Waals surface area (Å²) in [4.78, 5) is 23.5. The van der Waals surface area contributed by atoms with Crippen molar-refractivity contribution >= 4 is 44.8 Å². The zero-order valence-corrected chi connectivity index (χ0v) is 17.7. The first-order valence-corrected chi connectivity index (χ1v) is 10.8. The Hall–Kier alpha value is -3.47. The highest BCUT2D eigenvalue weighted by Gasteiger charge is 2.18. The van der Waals surface area contributed by atoms with E-state index in [9.17, 15) is 18.0 Å².